The highest BCUT2D eigenvalue weighted by Gasteiger charge is 2.31. The molecule has 0 aromatic carbocycles. The maximum atomic E-state index is 12.0. The van der Waals surface area contributed by atoms with Crippen molar-refractivity contribution in [3.63, 3.8) is 0 Å². The van der Waals surface area contributed by atoms with Crippen LogP contribution in [-0.4, -0.2) is 49.2 Å². The molecule has 2 saturated heterocycles. The summed E-state index contributed by atoms with van der Waals surface area (Å²) in [6, 6.07) is 0. The van der Waals surface area contributed by atoms with Crippen LogP contribution in [0.3, 0.4) is 0 Å². The van der Waals surface area contributed by atoms with E-state index in [0.29, 0.717) is 6.61 Å². The van der Waals surface area contributed by atoms with Crippen LogP contribution in [0.4, 0.5) is 0 Å². The maximum absolute atomic E-state index is 12.0. The fourth-order valence-corrected chi connectivity index (χ4v) is 3.04. The van der Waals surface area contributed by atoms with Gasteiger partial charge in [-0.05, 0) is 45.6 Å². The van der Waals surface area contributed by atoms with E-state index in [1.165, 1.54) is 12.8 Å². The lowest BCUT2D eigenvalue weighted by atomic mass is 9.93. The Labute approximate surface area is 116 Å². The molecule has 2 heterocycles. The Morgan fingerprint density at radius 1 is 1.42 bits per heavy atom. The van der Waals surface area contributed by atoms with Crippen LogP contribution in [0.5, 0.6) is 0 Å². The molecule has 0 saturated carbocycles. The number of piperidine rings is 1. The van der Waals surface area contributed by atoms with Gasteiger partial charge in [0.25, 0.3) is 0 Å². The Balaban J connectivity index is 1.80. The van der Waals surface area contributed by atoms with E-state index in [9.17, 15) is 4.79 Å². The maximum Gasteiger partial charge on any atom is 0.225 e. The zero-order valence-electron chi connectivity index (χ0n) is 12.6. The number of carbonyl (C=O) groups is 1. The molecule has 0 bridgehead atoms. The lowest BCUT2D eigenvalue weighted by Gasteiger charge is -2.43. The Morgan fingerprint density at radius 2 is 2.21 bits per heavy atom. The number of nitrogens with one attached hydrogen (secondary N) is 1. The van der Waals surface area contributed by atoms with Gasteiger partial charge in [-0.25, -0.2) is 0 Å². The van der Waals surface area contributed by atoms with E-state index < -0.39 is 0 Å². The number of rotatable bonds is 4. The lowest BCUT2D eigenvalue weighted by Crippen LogP contribution is -2.55. The summed E-state index contributed by atoms with van der Waals surface area (Å²) in [6.07, 6.45) is 3.47. The topological polar surface area (TPSA) is 41.6 Å². The average molecular weight is 268 g/mol. The normalized spacial score (nSPS) is 29.4. The second kappa shape index (κ2) is 6.23. The monoisotopic (exact) mass is 268 g/mol. The van der Waals surface area contributed by atoms with Gasteiger partial charge < -0.3 is 10.1 Å². The molecule has 110 valence electrons. The van der Waals surface area contributed by atoms with Crippen LogP contribution in [0, 0.1) is 11.8 Å². The first kappa shape index (κ1) is 14.8. The van der Waals surface area contributed by atoms with Gasteiger partial charge in [0.1, 0.15) is 0 Å². The van der Waals surface area contributed by atoms with Crippen molar-refractivity contribution in [2.24, 2.45) is 11.8 Å². The van der Waals surface area contributed by atoms with Crippen LogP contribution in [-0.2, 0) is 9.53 Å². The first-order valence-corrected chi connectivity index (χ1v) is 7.59. The highest BCUT2D eigenvalue weighted by molar-refractivity contribution is 5.79. The summed E-state index contributed by atoms with van der Waals surface area (Å²) in [6.45, 7) is 11.1. The van der Waals surface area contributed by atoms with Crippen molar-refractivity contribution in [3.05, 3.63) is 0 Å². The van der Waals surface area contributed by atoms with Gasteiger partial charge in [-0.2, -0.15) is 0 Å². The molecule has 0 aromatic rings. The SMILES string of the molecule is C[C@H]1CCCN(C(C)(C)CNC(=O)[C@H]2CCOC2)C1. The Bertz CT molecular complexity index is 311. The summed E-state index contributed by atoms with van der Waals surface area (Å²) in [7, 11) is 0. The van der Waals surface area contributed by atoms with Gasteiger partial charge in [-0.3, -0.25) is 9.69 Å². The van der Waals surface area contributed by atoms with E-state index in [4.69, 9.17) is 4.74 Å². The van der Waals surface area contributed by atoms with E-state index >= 15 is 0 Å². The molecule has 0 radical (unpaired) electrons. The Kier molecular flexibility index (Phi) is 4.85. The van der Waals surface area contributed by atoms with Crippen LogP contribution in [0.25, 0.3) is 0 Å². The van der Waals surface area contributed by atoms with E-state index in [1.54, 1.807) is 0 Å². The molecule has 0 unspecified atom stereocenters. The highest BCUT2D eigenvalue weighted by atomic mass is 16.5. The van der Waals surface area contributed by atoms with Crippen molar-refractivity contribution in [2.45, 2.75) is 45.6 Å². The fourth-order valence-electron chi connectivity index (χ4n) is 3.04. The van der Waals surface area contributed by atoms with Crippen LogP contribution in [0.15, 0.2) is 0 Å². The zero-order valence-corrected chi connectivity index (χ0v) is 12.6. The van der Waals surface area contributed by atoms with Gasteiger partial charge >= 0.3 is 0 Å². The molecule has 19 heavy (non-hydrogen) atoms. The molecule has 4 nitrogen and oxygen atoms in total. The minimum atomic E-state index is 0.0454. The largest absolute Gasteiger partial charge is 0.381 e. The summed E-state index contributed by atoms with van der Waals surface area (Å²) in [5.74, 6) is 0.999. The molecule has 1 amide bonds. The molecule has 2 rings (SSSR count). The smallest absolute Gasteiger partial charge is 0.225 e. The molecule has 2 fully saturated rings. The predicted molar refractivity (Wildman–Crippen MR) is 76.0 cm³/mol. The molecule has 0 spiro atoms. The molecule has 2 atom stereocenters. The number of amides is 1. The Hall–Kier alpha value is -0.610. The second-order valence-corrected chi connectivity index (χ2v) is 6.78. The summed E-state index contributed by atoms with van der Waals surface area (Å²) in [4.78, 5) is 14.5. The van der Waals surface area contributed by atoms with Gasteiger partial charge in [-0.1, -0.05) is 6.92 Å². The van der Waals surface area contributed by atoms with Crippen LogP contribution < -0.4 is 5.32 Å². The first-order chi connectivity index (χ1) is 8.99. The third-order valence-electron chi connectivity index (χ3n) is 4.51. The van der Waals surface area contributed by atoms with E-state index in [1.807, 2.05) is 0 Å². The van der Waals surface area contributed by atoms with Gasteiger partial charge in [0.15, 0.2) is 0 Å². The molecule has 2 aliphatic rings. The van der Waals surface area contributed by atoms with Crippen molar-refractivity contribution in [1.29, 1.82) is 0 Å². The molecule has 0 aliphatic carbocycles. The molecule has 0 aromatic heterocycles. The number of likely N-dealkylation sites (tertiary alicyclic amines) is 1. The average Bonchev–Trinajstić information content (AvgIpc) is 2.90. The predicted octanol–water partition coefficient (Wildman–Crippen LogP) is 1.65. The number of ether oxygens (including phenoxy) is 1. The van der Waals surface area contributed by atoms with Crippen molar-refractivity contribution in [2.75, 3.05) is 32.8 Å². The Morgan fingerprint density at radius 3 is 2.84 bits per heavy atom. The van der Waals surface area contributed by atoms with Crippen molar-refractivity contribution < 1.29 is 9.53 Å². The number of hydrogen-bond acceptors (Lipinski definition) is 3. The summed E-state index contributed by atoms with van der Waals surface area (Å²) in [5.41, 5.74) is 0.0454. The van der Waals surface area contributed by atoms with E-state index in [2.05, 4.69) is 31.0 Å². The van der Waals surface area contributed by atoms with Crippen molar-refractivity contribution >= 4 is 5.91 Å². The second-order valence-electron chi connectivity index (χ2n) is 6.78. The van der Waals surface area contributed by atoms with Crippen molar-refractivity contribution in [1.82, 2.24) is 10.2 Å². The van der Waals surface area contributed by atoms with E-state index in [0.717, 1.165) is 38.6 Å². The third kappa shape index (κ3) is 3.93. The van der Waals surface area contributed by atoms with Gasteiger partial charge in [0.05, 0.1) is 12.5 Å². The fraction of sp³-hybridized carbons (Fsp3) is 0.933. The molecule has 2 aliphatic heterocycles. The van der Waals surface area contributed by atoms with E-state index in [-0.39, 0.29) is 17.4 Å². The van der Waals surface area contributed by atoms with Crippen LogP contribution >= 0.6 is 0 Å². The van der Waals surface area contributed by atoms with Crippen LogP contribution in [0.2, 0.25) is 0 Å². The molecule has 4 heteroatoms. The number of hydrogen-bond donors (Lipinski definition) is 1. The summed E-state index contributed by atoms with van der Waals surface area (Å²) < 4.78 is 5.27. The zero-order chi connectivity index (χ0) is 13.9. The number of carbonyl (C=O) groups excluding carboxylic acids is 1. The van der Waals surface area contributed by atoms with Gasteiger partial charge in [-0.15, -0.1) is 0 Å². The van der Waals surface area contributed by atoms with Gasteiger partial charge in [0.2, 0.25) is 5.91 Å². The van der Waals surface area contributed by atoms with Crippen LogP contribution in [0.1, 0.15) is 40.0 Å². The summed E-state index contributed by atoms with van der Waals surface area (Å²) >= 11 is 0. The van der Waals surface area contributed by atoms with Crippen molar-refractivity contribution in [3.8, 4) is 0 Å². The first-order valence-electron chi connectivity index (χ1n) is 7.59. The highest BCUT2D eigenvalue weighted by Crippen LogP contribution is 2.23. The minimum absolute atomic E-state index is 0.0454. The number of nitrogens with zero attached hydrogens (tertiary/aromatic N) is 1. The quantitative estimate of drug-likeness (QED) is 0.843. The lowest BCUT2D eigenvalue weighted by molar-refractivity contribution is -0.125. The standard InChI is InChI=1S/C15H28N2O2/c1-12-5-4-7-17(9-12)15(2,3)11-16-14(18)13-6-8-19-10-13/h12-13H,4-11H2,1-3H3,(H,16,18)/t12-,13-/m0/s1. The summed E-state index contributed by atoms with van der Waals surface area (Å²) in [5, 5.41) is 3.12. The molecular formula is C15H28N2O2. The molecule has 1 N–H and O–H groups in total. The third-order valence-corrected chi connectivity index (χ3v) is 4.51. The van der Waals surface area contributed by atoms with Gasteiger partial charge in [0, 0.05) is 25.2 Å². The molecular weight excluding hydrogens is 240 g/mol. The minimum Gasteiger partial charge on any atom is -0.381 e.